The maximum atomic E-state index is 12.6. The summed E-state index contributed by atoms with van der Waals surface area (Å²) in [6.07, 6.45) is -3.36. The Morgan fingerprint density at radius 3 is 2.17 bits per heavy atom. The Kier molecular flexibility index (Phi) is 4.45. The smallest absolute Gasteiger partial charge is 0.457 e. The molecule has 4 rings (SSSR count). The van der Waals surface area contributed by atoms with Crippen LogP contribution in [-0.2, 0) is 0 Å². The third-order valence-corrected chi connectivity index (χ3v) is 4.05. The van der Waals surface area contributed by atoms with Gasteiger partial charge in [0.25, 0.3) is 11.3 Å². The molecule has 0 radical (unpaired) electrons. The highest BCUT2D eigenvalue weighted by atomic mass is 19.4. The van der Waals surface area contributed by atoms with Crippen molar-refractivity contribution in [1.82, 2.24) is 19.6 Å². The van der Waals surface area contributed by atoms with Crippen LogP contribution in [0.25, 0.3) is 16.9 Å². The van der Waals surface area contributed by atoms with Crippen molar-refractivity contribution in [2.45, 2.75) is 13.3 Å². The third-order valence-electron chi connectivity index (χ3n) is 4.05. The van der Waals surface area contributed by atoms with Crippen LogP contribution in [0.3, 0.4) is 0 Å². The van der Waals surface area contributed by atoms with E-state index in [1.54, 1.807) is 31.2 Å². The first-order valence-corrected chi connectivity index (χ1v) is 8.37. The molecule has 10 heteroatoms. The fourth-order valence-electron chi connectivity index (χ4n) is 2.83. The van der Waals surface area contributed by atoms with E-state index in [4.69, 9.17) is 4.74 Å². The molecule has 0 aliphatic rings. The molecule has 0 spiro atoms. The first-order valence-electron chi connectivity index (χ1n) is 8.37. The maximum Gasteiger partial charge on any atom is 0.573 e. The van der Waals surface area contributed by atoms with E-state index in [2.05, 4.69) is 19.8 Å². The molecule has 0 aliphatic heterocycles. The number of aromatic nitrogens is 4. The third kappa shape index (κ3) is 3.91. The Labute approximate surface area is 161 Å². The van der Waals surface area contributed by atoms with Gasteiger partial charge in [0.15, 0.2) is 0 Å². The summed E-state index contributed by atoms with van der Waals surface area (Å²) in [7, 11) is 0. The normalized spacial score (nSPS) is 11.6. The van der Waals surface area contributed by atoms with Gasteiger partial charge in [0.1, 0.15) is 23.6 Å². The van der Waals surface area contributed by atoms with E-state index in [-0.39, 0.29) is 17.1 Å². The number of nitrogens with zero attached hydrogens (tertiary/aromatic N) is 3. The van der Waals surface area contributed by atoms with Crippen molar-refractivity contribution >= 4 is 5.78 Å². The van der Waals surface area contributed by atoms with Crippen LogP contribution < -0.4 is 15.0 Å². The number of fused-ring (bicyclic) bond motifs is 1. The Bertz CT molecular complexity index is 1210. The predicted molar refractivity (Wildman–Crippen MR) is 97.0 cm³/mol. The minimum Gasteiger partial charge on any atom is -0.457 e. The summed E-state index contributed by atoms with van der Waals surface area (Å²) < 4.78 is 47.3. The maximum absolute atomic E-state index is 12.6. The first kappa shape index (κ1) is 18.5. The van der Waals surface area contributed by atoms with Crippen LogP contribution in [0.5, 0.6) is 17.2 Å². The molecule has 1 N–H and O–H groups in total. The van der Waals surface area contributed by atoms with Crippen molar-refractivity contribution in [2.75, 3.05) is 0 Å². The molecule has 2 aromatic heterocycles. The van der Waals surface area contributed by atoms with Gasteiger partial charge in [-0.25, -0.2) is 9.97 Å². The summed E-state index contributed by atoms with van der Waals surface area (Å²) >= 11 is 0. The van der Waals surface area contributed by atoms with Crippen LogP contribution >= 0.6 is 0 Å². The number of hydrogen-bond acceptors (Lipinski definition) is 5. The van der Waals surface area contributed by atoms with Gasteiger partial charge in [-0.3, -0.25) is 9.89 Å². The zero-order chi connectivity index (χ0) is 20.6. The van der Waals surface area contributed by atoms with Crippen LogP contribution in [0.1, 0.15) is 5.69 Å². The number of aryl methyl sites for hydroxylation is 1. The Balaban J connectivity index is 1.55. The highest BCUT2D eigenvalue weighted by Crippen LogP contribution is 2.28. The molecule has 2 heterocycles. The molecule has 0 saturated heterocycles. The number of rotatable bonds is 4. The minimum atomic E-state index is -4.75. The summed E-state index contributed by atoms with van der Waals surface area (Å²) in [6, 6.07) is 11.7. The van der Waals surface area contributed by atoms with E-state index >= 15 is 0 Å². The number of ether oxygens (including phenoxy) is 2. The van der Waals surface area contributed by atoms with Gasteiger partial charge in [0.05, 0.1) is 11.3 Å². The summed E-state index contributed by atoms with van der Waals surface area (Å²) in [5, 5.41) is 2.71. The van der Waals surface area contributed by atoms with Gasteiger partial charge in [0.2, 0.25) is 0 Å². The van der Waals surface area contributed by atoms with Crippen LogP contribution in [0, 0.1) is 6.92 Å². The number of aromatic amines is 1. The quantitative estimate of drug-likeness (QED) is 0.556. The summed E-state index contributed by atoms with van der Waals surface area (Å²) in [6.45, 7) is 1.72. The first-order chi connectivity index (χ1) is 13.8. The second kappa shape index (κ2) is 6.97. The lowest BCUT2D eigenvalue weighted by molar-refractivity contribution is -0.274. The Morgan fingerprint density at radius 2 is 1.55 bits per heavy atom. The van der Waals surface area contributed by atoms with Crippen molar-refractivity contribution < 1.29 is 22.6 Å². The number of hydrogen-bond donors (Lipinski definition) is 1. The van der Waals surface area contributed by atoms with Gasteiger partial charge in [-0.15, -0.1) is 13.2 Å². The fraction of sp³-hybridized carbons (Fsp3) is 0.105. The van der Waals surface area contributed by atoms with Gasteiger partial charge >= 0.3 is 6.36 Å². The van der Waals surface area contributed by atoms with Gasteiger partial charge in [-0.2, -0.15) is 4.52 Å². The van der Waals surface area contributed by atoms with Gasteiger partial charge < -0.3 is 9.47 Å². The predicted octanol–water partition coefficient (Wildman–Crippen LogP) is 4.08. The number of H-pyrrole nitrogens is 1. The molecule has 0 bridgehead atoms. The number of alkyl halides is 3. The molecule has 0 amide bonds. The molecule has 7 nitrogen and oxygen atoms in total. The van der Waals surface area contributed by atoms with E-state index in [0.717, 1.165) is 12.1 Å². The summed E-state index contributed by atoms with van der Waals surface area (Å²) in [5.74, 6) is 0.739. The summed E-state index contributed by atoms with van der Waals surface area (Å²) in [5.41, 5.74) is 1.33. The number of halogens is 3. The molecule has 0 unspecified atom stereocenters. The van der Waals surface area contributed by atoms with Crippen LogP contribution in [-0.4, -0.2) is 25.9 Å². The second-order valence-electron chi connectivity index (χ2n) is 6.05. The van der Waals surface area contributed by atoms with E-state index in [0.29, 0.717) is 28.3 Å². The molecular weight excluding hydrogens is 389 g/mol. The van der Waals surface area contributed by atoms with Crippen molar-refractivity contribution in [1.29, 1.82) is 0 Å². The Morgan fingerprint density at radius 1 is 0.966 bits per heavy atom. The molecule has 148 valence electrons. The van der Waals surface area contributed by atoms with E-state index in [1.165, 1.54) is 23.0 Å². The van der Waals surface area contributed by atoms with Crippen molar-refractivity contribution in [2.24, 2.45) is 0 Å². The second-order valence-corrected chi connectivity index (χ2v) is 6.05. The van der Waals surface area contributed by atoms with Gasteiger partial charge in [0, 0.05) is 0 Å². The average molecular weight is 402 g/mol. The molecular formula is C19H13F3N4O3. The highest BCUT2D eigenvalue weighted by molar-refractivity contribution is 5.66. The lowest BCUT2D eigenvalue weighted by Crippen LogP contribution is -2.19. The monoisotopic (exact) mass is 402 g/mol. The van der Waals surface area contributed by atoms with Crippen LogP contribution in [0.2, 0.25) is 0 Å². The van der Waals surface area contributed by atoms with E-state index in [9.17, 15) is 18.0 Å². The summed E-state index contributed by atoms with van der Waals surface area (Å²) in [4.78, 5) is 20.9. The SMILES string of the molecule is Cc1nc2nc[nH]n2c(=O)c1-c1ccc(Oc2ccc(OC(F)(F)F)cc2)cc1. The zero-order valence-electron chi connectivity index (χ0n) is 14.9. The minimum absolute atomic E-state index is 0.279. The number of nitrogens with one attached hydrogen (secondary N) is 1. The topological polar surface area (TPSA) is 81.5 Å². The van der Waals surface area contributed by atoms with Crippen molar-refractivity contribution in [3.05, 3.63) is 70.9 Å². The fourth-order valence-corrected chi connectivity index (χ4v) is 2.83. The Hall–Kier alpha value is -3.82. The molecule has 29 heavy (non-hydrogen) atoms. The lowest BCUT2D eigenvalue weighted by atomic mass is 10.1. The molecule has 0 fully saturated rings. The molecule has 0 aliphatic carbocycles. The molecule has 0 atom stereocenters. The van der Waals surface area contributed by atoms with Crippen LogP contribution in [0.15, 0.2) is 59.7 Å². The largest absolute Gasteiger partial charge is 0.573 e. The van der Waals surface area contributed by atoms with Gasteiger partial charge in [-0.05, 0) is 48.9 Å². The zero-order valence-corrected chi connectivity index (χ0v) is 14.9. The number of benzene rings is 2. The van der Waals surface area contributed by atoms with E-state index < -0.39 is 6.36 Å². The van der Waals surface area contributed by atoms with Crippen molar-refractivity contribution in [3.63, 3.8) is 0 Å². The lowest BCUT2D eigenvalue weighted by Gasteiger charge is -2.10. The molecule has 0 saturated carbocycles. The standard InChI is InChI=1S/C19H13F3N4O3/c1-11-16(17(27)26-18(25-11)23-10-24-26)12-2-4-13(5-3-12)28-14-6-8-15(9-7-14)29-19(20,21)22/h2-10H,1H3,(H,23,24,25). The van der Waals surface area contributed by atoms with E-state index in [1.807, 2.05) is 0 Å². The van der Waals surface area contributed by atoms with Crippen LogP contribution in [0.4, 0.5) is 13.2 Å². The highest BCUT2D eigenvalue weighted by Gasteiger charge is 2.31. The van der Waals surface area contributed by atoms with Gasteiger partial charge in [-0.1, -0.05) is 12.1 Å². The molecule has 2 aromatic carbocycles. The molecule has 4 aromatic rings. The average Bonchev–Trinajstić information content (AvgIpc) is 3.12. The van der Waals surface area contributed by atoms with Crippen molar-refractivity contribution in [3.8, 4) is 28.4 Å².